The van der Waals surface area contributed by atoms with Crippen molar-refractivity contribution in [3.63, 3.8) is 0 Å². The summed E-state index contributed by atoms with van der Waals surface area (Å²) >= 11 is 0. The van der Waals surface area contributed by atoms with Crippen LogP contribution in [0.25, 0.3) is 0 Å². The highest BCUT2D eigenvalue weighted by Crippen LogP contribution is 2.66. The molecule has 4 atom stereocenters. The highest BCUT2D eigenvalue weighted by molar-refractivity contribution is 5.80. The maximum Gasteiger partial charge on any atom is 0.133 e. The molecule has 0 aromatic carbocycles. The van der Waals surface area contributed by atoms with Gasteiger partial charge in [-0.05, 0) is 60.2 Å². The van der Waals surface area contributed by atoms with E-state index in [4.69, 9.17) is 0 Å². The average molecular weight is 262 g/mol. The van der Waals surface area contributed by atoms with Gasteiger partial charge in [-0.25, -0.2) is 0 Å². The normalized spacial score (nSPS) is 49.4. The van der Waals surface area contributed by atoms with Crippen molar-refractivity contribution in [1.82, 2.24) is 0 Å². The number of carbonyl (C=O) groups excluding carboxylic acids is 1. The van der Waals surface area contributed by atoms with E-state index >= 15 is 0 Å². The molecule has 3 rings (SSSR count). The molecule has 108 valence electrons. The molecular weight excluding hydrogens is 232 g/mol. The molecule has 3 aliphatic carbocycles. The van der Waals surface area contributed by atoms with Crippen LogP contribution in [0.3, 0.4) is 0 Å². The summed E-state index contributed by atoms with van der Waals surface area (Å²) in [6.07, 6.45) is 9.70. The second-order valence-corrected chi connectivity index (χ2v) is 8.90. The topological polar surface area (TPSA) is 17.1 Å². The quantitative estimate of drug-likeness (QED) is 0.601. The van der Waals surface area contributed by atoms with Gasteiger partial charge in [0.15, 0.2) is 0 Å². The van der Waals surface area contributed by atoms with Gasteiger partial charge in [0.1, 0.15) is 5.78 Å². The van der Waals surface area contributed by atoms with Crippen molar-refractivity contribution in [2.75, 3.05) is 0 Å². The summed E-state index contributed by atoms with van der Waals surface area (Å²) in [6, 6.07) is 0. The van der Waals surface area contributed by atoms with Gasteiger partial charge in [0.05, 0.1) is 0 Å². The van der Waals surface area contributed by atoms with Crippen molar-refractivity contribution in [2.24, 2.45) is 28.1 Å². The summed E-state index contributed by atoms with van der Waals surface area (Å²) in [5.41, 5.74) is 1.32. The van der Waals surface area contributed by atoms with E-state index in [1.807, 2.05) is 0 Å². The first kappa shape index (κ1) is 13.6. The molecule has 0 aliphatic heterocycles. The fourth-order valence-corrected chi connectivity index (χ4v) is 6.48. The zero-order chi connectivity index (χ0) is 13.9. The van der Waals surface area contributed by atoms with E-state index in [1.165, 1.54) is 38.5 Å². The van der Waals surface area contributed by atoms with Crippen molar-refractivity contribution in [3.05, 3.63) is 0 Å². The second kappa shape index (κ2) is 4.09. The first-order chi connectivity index (χ1) is 8.78. The zero-order valence-corrected chi connectivity index (χ0v) is 13.2. The molecule has 0 bridgehead atoms. The number of fused-ring (bicyclic) bond motifs is 3. The molecule has 0 saturated heterocycles. The van der Waals surface area contributed by atoms with Gasteiger partial charge in [-0.15, -0.1) is 0 Å². The van der Waals surface area contributed by atoms with Crippen LogP contribution in [0.15, 0.2) is 0 Å². The monoisotopic (exact) mass is 262 g/mol. The zero-order valence-electron chi connectivity index (χ0n) is 13.2. The molecule has 0 aromatic heterocycles. The summed E-state index contributed by atoms with van der Waals surface area (Å²) in [7, 11) is 0. The molecular formula is C18H30O. The van der Waals surface area contributed by atoms with E-state index in [1.54, 1.807) is 0 Å². The standard InChI is InChI=1S/C18H30O/c1-16(2)9-5-10-18(4)14(16)8-11-17(3)12-13(19)6-7-15(17)18/h14-15H,5-12H2,1-4H3/t14-,15-,17-,18-/m0/s1. The van der Waals surface area contributed by atoms with Gasteiger partial charge >= 0.3 is 0 Å². The molecule has 1 nitrogen and oxygen atoms in total. The number of ketones is 1. The lowest BCUT2D eigenvalue weighted by atomic mass is 9.41. The molecule has 0 amide bonds. The number of carbonyl (C=O) groups is 1. The third-order valence-electron chi connectivity index (χ3n) is 7.23. The Balaban J connectivity index is 1.97. The molecule has 3 aliphatic rings. The maximum absolute atomic E-state index is 11.9. The van der Waals surface area contributed by atoms with E-state index in [0.29, 0.717) is 22.0 Å². The van der Waals surface area contributed by atoms with E-state index in [2.05, 4.69) is 27.7 Å². The largest absolute Gasteiger partial charge is 0.300 e. The molecule has 0 heterocycles. The molecule has 0 spiro atoms. The van der Waals surface area contributed by atoms with Crippen LogP contribution in [0.2, 0.25) is 0 Å². The second-order valence-electron chi connectivity index (χ2n) is 8.90. The molecule has 1 heteroatoms. The Morgan fingerprint density at radius 3 is 2.42 bits per heavy atom. The minimum Gasteiger partial charge on any atom is -0.300 e. The fourth-order valence-electron chi connectivity index (χ4n) is 6.48. The smallest absolute Gasteiger partial charge is 0.133 e. The predicted octanol–water partition coefficient (Wildman–Crippen LogP) is 4.99. The Morgan fingerprint density at radius 1 is 0.947 bits per heavy atom. The minimum absolute atomic E-state index is 0.313. The molecule has 3 fully saturated rings. The van der Waals surface area contributed by atoms with Crippen LogP contribution in [0.4, 0.5) is 0 Å². The molecule has 3 saturated carbocycles. The van der Waals surface area contributed by atoms with Gasteiger partial charge in [0.2, 0.25) is 0 Å². The predicted molar refractivity (Wildman–Crippen MR) is 78.9 cm³/mol. The van der Waals surface area contributed by atoms with Gasteiger partial charge in [0.25, 0.3) is 0 Å². The molecule has 19 heavy (non-hydrogen) atoms. The summed E-state index contributed by atoms with van der Waals surface area (Å²) in [5.74, 6) is 2.19. The Labute approximate surface area is 118 Å². The van der Waals surface area contributed by atoms with Crippen molar-refractivity contribution in [3.8, 4) is 0 Å². The molecule has 0 radical (unpaired) electrons. The van der Waals surface area contributed by atoms with Gasteiger partial charge in [-0.3, -0.25) is 4.79 Å². The van der Waals surface area contributed by atoms with E-state index in [9.17, 15) is 4.79 Å². The van der Waals surface area contributed by atoms with Crippen molar-refractivity contribution in [1.29, 1.82) is 0 Å². The molecule has 0 aromatic rings. The fraction of sp³-hybridized carbons (Fsp3) is 0.944. The highest BCUT2D eigenvalue weighted by Gasteiger charge is 2.59. The lowest BCUT2D eigenvalue weighted by Crippen LogP contribution is -2.56. The van der Waals surface area contributed by atoms with E-state index in [0.717, 1.165) is 24.7 Å². The lowest BCUT2D eigenvalue weighted by Gasteiger charge is -2.63. The Morgan fingerprint density at radius 2 is 1.68 bits per heavy atom. The van der Waals surface area contributed by atoms with Crippen molar-refractivity contribution in [2.45, 2.75) is 79.1 Å². The van der Waals surface area contributed by atoms with E-state index in [-0.39, 0.29) is 0 Å². The Kier molecular flexibility index (Phi) is 2.93. The Bertz CT molecular complexity index is 396. The van der Waals surface area contributed by atoms with Crippen LogP contribution in [0.5, 0.6) is 0 Å². The van der Waals surface area contributed by atoms with Crippen LogP contribution in [0, 0.1) is 28.1 Å². The molecule has 0 N–H and O–H groups in total. The maximum atomic E-state index is 11.9. The van der Waals surface area contributed by atoms with Crippen LogP contribution in [-0.2, 0) is 4.79 Å². The number of hydrogen-bond acceptors (Lipinski definition) is 1. The van der Waals surface area contributed by atoms with Gasteiger partial charge in [-0.2, -0.15) is 0 Å². The van der Waals surface area contributed by atoms with Crippen LogP contribution >= 0.6 is 0 Å². The van der Waals surface area contributed by atoms with Crippen molar-refractivity contribution >= 4 is 5.78 Å². The van der Waals surface area contributed by atoms with Crippen LogP contribution in [-0.4, -0.2) is 5.78 Å². The summed E-state index contributed by atoms with van der Waals surface area (Å²) in [4.78, 5) is 11.9. The number of rotatable bonds is 0. The summed E-state index contributed by atoms with van der Waals surface area (Å²) < 4.78 is 0. The number of Topliss-reactive ketones (excluding diaryl/α,β-unsaturated/α-hetero) is 1. The van der Waals surface area contributed by atoms with E-state index < -0.39 is 0 Å². The lowest BCUT2D eigenvalue weighted by molar-refractivity contribution is -0.155. The third kappa shape index (κ3) is 1.91. The Hall–Kier alpha value is -0.330. The third-order valence-corrected chi connectivity index (χ3v) is 7.23. The molecule has 0 unspecified atom stereocenters. The van der Waals surface area contributed by atoms with Gasteiger partial charge in [0, 0.05) is 12.8 Å². The highest BCUT2D eigenvalue weighted by atomic mass is 16.1. The minimum atomic E-state index is 0.313. The number of hydrogen-bond donors (Lipinski definition) is 0. The van der Waals surface area contributed by atoms with Crippen LogP contribution < -0.4 is 0 Å². The first-order valence-corrected chi connectivity index (χ1v) is 8.30. The van der Waals surface area contributed by atoms with Crippen LogP contribution in [0.1, 0.15) is 79.1 Å². The van der Waals surface area contributed by atoms with Gasteiger partial charge in [-0.1, -0.05) is 34.1 Å². The summed E-state index contributed by atoms with van der Waals surface area (Å²) in [5, 5.41) is 0. The van der Waals surface area contributed by atoms with Gasteiger partial charge < -0.3 is 0 Å². The summed E-state index contributed by atoms with van der Waals surface area (Å²) in [6.45, 7) is 9.96. The first-order valence-electron chi connectivity index (χ1n) is 8.30. The average Bonchev–Trinajstić information content (AvgIpc) is 2.25. The van der Waals surface area contributed by atoms with Crippen molar-refractivity contribution < 1.29 is 4.79 Å². The SMILES string of the molecule is CC1(C)CCC[C@@]2(C)[C@H]1CC[C@@]1(C)CC(=O)CC[C@@H]12.